The average Bonchev–Trinajstić information content (AvgIpc) is 2.85. The van der Waals surface area contributed by atoms with Crippen molar-refractivity contribution in [3.63, 3.8) is 0 Å². The van der Waals surface area contributed by atoms with Crippen LogP contribution in [0.2, 0.25) is 0 Å². The fraction of sp³-hybridized carbons (Fsp3) is 0.667. The molecule has 0 aliphatic carbocycles. The molecule has 1 saturated heterocycles. The summed E-state index contributed by atoms with van der Waals surface area (Å²) in [4.78, 5) is 38.9. The SMILES string of the molecule is CC(C)CC(=O)OC(C)OC(=O)C(C)(C)Oc1cc(C(F)(F)F)ccc1CN1CCN(C(=O)OC(C(F)(F)F)C(F)(F)F)CC1. The summed E-state index contributed by atoms with van der Waals surface area (Å²) in [6.45, 7) is 6.14. The van der Waals surface area contributed by atoms with E-state index in [1.807, 2.05) is 0 Å². The first-order valence-corrected chi connectivity index (χ1v) is 13.5. The van der Waals surface area contributed by atoms with Gasteiger partial charge in [0.1, 0.15) is 5.75 Å². The molecule has 18 heteroatoms. The first-order chi connectivity index (χ1) is 20.4. The molecule has 1 aromatic rings. The van der Waals surface area contributed by atoms with Gasteiger partial charge in [-0.05, 0) is 31.9 Å². The summed E-state index contributed by atoms with van der Waals surface area (Å²) in [7, 11) is 0. The second kappa shape index (κ2) is 14.3. The van der Waals surface area contributed by atoms with E-state index in [4.69, 9.17) is 14.2 Å². The van der Waals surface area contributed by atoms with Crippen LogP contribution in [0.4, 0.5) is 44.3 Å². The molecule has 1 fully saturated rings. The summed E-state index contributed by atoms with van der Waals surface area (Å²) >= 11 is 0. The maximum absolute atomic E-state index is 13.5. The van der Waals surface area contributed by atoms with Crippen LogP contribution in [0.3, 0.4) is 0 Å². The molecule has 0 aromatic heterocycles. The Hall–Kier alpha value is -3.44. The van der Waals surface area contributed by atoms with Crippen molar-refractivity contribution in [2.45, 2.75) is 84.1 Å². The number of hydrogen-bond donors (Lipinski definition) is 0. The highest BCUT2D eigenvalue weighted by atomic mass is 19.4. The van der Waals surface area contributed by atoms with Crippen molar-refractivity contribution in [3.8, 4) is 5.75 Å². The summed E-state index contributed by atoms with van der Waals surface area (Å²) in [5.41, 5.74) is -2.88. The van der Waals surface area contributed by atoms with Crippen LogP contribution in [0.5, 0.6) is 5.75 Å². The molecule has 1 unspecified atom stereocenters. The molecule has 1 heterocycles. The number of carbonyl (C=O) groups is 3. The number of hydrogen-bond acceptors (Lipinski definition) is 8. The molecule has 9 nitrogen and oxygen atoms in total. The fourth-order valence-corrected chi connectivity index (χ4v) is 3.98. The molecular weight excluding hydrogens is 635 g/mol. The quantitative estimate of drug-likeness (QED) is 0.168. The number of carbonyl (C=O) groups excluding carboxylic acids is 3. The third kappa shape index (κ3) is 11.5. The molecule has 0 bridgehead atoms. The van der Waals surface area contributed by atoms with E-state index in [0.29, 0.717) is 11.0 Å². The lowest BCUT2D eigenvalue weighted by Gasteiger charge is -2.35. The van der Waals surface area contributed by atoms with Crippen molar-refractivity contribution < 1.29 is 72.8 Å². The zero-order valence-corrected chi connectivity index (χ0v) is 24.9. The lowest BCUT2D eigenvalue weighted by Crippen LogP contribution is -2.52. The number of alkyl halides is 9. The van der Waals surface area contributed by atoms with E-state index in [2.05, 4.69) is 4.74 Å². The largest absolute Gasteiger partial charge is 0.476 e. The highest BCUT2D eigenvalue weighted by Gasteiger charge is 2.60. The number of nitrogens with zero attached hydrogens (tertiary/aromatic N) is 2. The Morgan fingerprint density at radius 2 is 1.38 bits per heavy atom. The Labute approximate surface area is 252 Å². The molecule has 0 radical (unpaired) electrons. The van der Waals surface area contributed by atoms with Crippen LogP contribution >= 0.6 is 0 Å². The smallest absolute Gasteiger partial charge is 0.434 e. The van der Waals surface area contributed by atoms with Crippen LogP contribution in [0.1, 0.15) is 52.2 Å². The first-order valence-electron chi connectivity index (χ1n) is 13.5. The standard InChI is InChI=1S/C27H33F9N2O7/c1-15(2)12-20(39)42-16(3)43-22(40)24(4,5)45-19-13-18(25(28,29)30)7-6-17(19)14-37-8-10-38(11-9-37)23(41)44-21(26(31,32)33)27(34,35)36/h6-7,13,15-16,21H,8-12,14H2,1-5H3. The number of piperazine rings is 1. The Balaban J connectivity index is 2.15. The van der Waals surface area contributed by atoms with E-state index in [1.165, 1.54) is 20.8 Å². The molecule has 0 saturated carbocycles. The minimum atomic E-state index is -5.88. The second-order valence-electron chi connectivity index (χ2n) is 11.1. The molecule has 2 rings (SSSR count). The van der Waals surface area contributed by atoms with Gasteiger partial charge in [-0.15, -0.1) is 0 Å². The molecule has 1 aliphatic heterocycles. The van der Waals surface area contributed by atoms with Gasteiger partial charge in [-0.3, -0.25) is 9.69 Å². The summed E-state index contributed by atoms with van der Waals surface area (Å²) in [6.07, 6.45) is -24.0. The third-order valence-electron chi connectivity index (χ3n) is 6.23. The van der Waals surface area contributed by atoms with E-state index in [-0.39, 0.29) is 56.4 Å². The number of esters is 2. The maximum Gasteiger partial charge on any atom is 0.434 e. The monoisotopic (exact) mass is 668 g/mol. The average molecular weight is 669 g/mol. The highest BCUT2D eigenvalue weighted by molar-refractivity contribution is 5.79. The van der Waals surface area contributed by atoms with Crippen molar-refractivity contribution in [1.82, 2.24) is 9.80 Å². The molecule has 0 spiro atoms. The van der Waals surface area contributed by atoms with Crippen LogP contribution in [0.15, 0.2) is 18.2 Å². The van der Waals surface area contributed by atoms with Crippen LogP contribution in [0, 0.1) is 5.92 Å². The Morgan fingerprint density at radius 1 is 0.822 bits per heavy atom. The number of halogens is 9. The van der Waals surface area contributed by atoms with Gasteiger partial charge < -0.3 is 23.8 Å². The number of rotatable bonds is 10. The van der Waals surface area contributed by atoms with Crippen LogP contribution in [-0.2, 0) is 36.5 Å². The van der Waals surface area contributed by atoms with E-state index in [1.54, 1.807) is 18.7 Å². The summed E-state index contributed by atoms with van der Waals surface area (Å²) in [5, 5.41) is 0. The highest BCUT2D eigenvalue weighted by Crippen LogP contribution is 2.37. The van der Waals surface area contributed by atoms with Gasteiger partial charge in [-0.25, -0.2) is 9.59 Å². The van der Waals surface area contributed by atoms with Crippen molar-refractivity contribution in [3.05, 3.63) is 29.3 Å². The molecule has 0 N–H and O–H groups in total. The van der Waals surface area contributed by atoms with Crippen molar-refractivity contribution in [2.75, 3.05) is 26.2 Å². The first kappa shape index (κ1) is 37.7. The van der Waals surface area contributed by atoms with Gasteiger partial charge in [-0.1, -0.05) is 19.9 Å². The molecule has 1 aromatic carbocycles. The van der Waals surface area contributed by atoms with Gasteiger partial charge in [0.25, 0.3) is 6.10 Å². The van der Waals surface area contributed by atoms with E-state index in [0.717, 1.165) is 12.1 Å². The van der Waals surface area contributed by atoms with E-state index in [9.17, 15) is 53.9 Å². The number of benzene rings is 1. The predicted molar refractivity (Wildman–Crippen MR) is 136 cm³/mol. The zero-order chi connectivity index (χ0) is 34.5. The van der Waals surface area contributed by atoms with Gasteiger partial charge in [0.2, 0.25) is 6.29 Å². The Morgan fingerprint density at radius 3 is 1.87 bits per heavy atom. The Bertz CT molecular complexity index is 1180. The van der Waals surface area contributed by atoms with Crippen LogP contribution in [-0.4, -0.2) is 84.4 Å². The molecule has 45 heavy (non-hydrogen) atoms. The van der Waals surface area contributed by atoms with Gasteiger partial charge in [0, 0.05) is 51.6 Å². The minimum absolute atomic E-state index is 0.0348. The van der Waals surface area contributed by atoms with Crippen LogP contribution < -0.4 is 4.74 Å². The Kier molecular flexibility index (Phi) is 12.0. The topological polar surface area (TPSA) is 94.6 Å². The molecule has 1 amide bonds. The summed E-state index contributed by atoms with van der Waals surface area (Å²) in [5.74, 6) is -2.12. The molecule has 1 atom stereocenters. The summed E-state index contributed by atoms with van der Waals surface area (Å²) in [6, 6.07) is 2.48. The number of amides is 1. The zero-order valence-electron chi connectivity index (χ0n) is 24.9. The fourth-order valence-electron chi connectivity index (χ4n) is 3.98. The minimum Gasteiger partial charge on any atom is -0.476 e. The van der Waals surface area contributed by atoms with Crippen molar-refractivity contribution in [2.24, 2.45) is 5.92 Å². The number of ether oxygens (including phenoxy) is 4. The van der Waals surface area contributed by atoms with Gasteiger partial charge in [0.05, 0.1) is 5.56 Å². The van der Waals surface area contributed by atoms with Crippen molar-refractivity contribution in [1.29, 1.82) is 0 Å². The molecule has 256 valence electrons. The lowest BCUT2D eigenvalue weighted by atomic mass is 10.1. The maximum atomic E-state index is 13.5. The summed E-state index contributed by atoms with van der Waals surface area (Å²) < 4.78 is 136. The van der Waals surface area contributed by atoms with Gasteiger partial charge >= 0.3 is 36.6 Å². The molecular formula is C27H33F9N2O7. The predicted octanol–water partition coefficient (Wildman–Crippen LogP) is 6.09. The second-order valence-corrected chi connectivity index (χ2v) is 11.1. The lowest BCUT2D eigenvalue weighted by molar-refractivity contribution is -0.308. The van der Waals surface area contributed by atoms with E-state index >= 15 is 0 Å². The molecule has 1 aliphatic rings. The van der Waals surface area contributed by atoms with Gasteiger partial charge in [-0.2, -0.15) is 39.5 Å². The van der Waals surface area contributed by atoms with Crippen molar-refractivity contribution >= 4 is 18.0 Å². The van der Waals surface area contributed by atoms with E-state index < -0.39 is 60.1 Å². The van der Waals surface area contributed by atoms with Gasteiger partial charge in [0.15, 0.2) is 5.60 Å². The van der Waals surface area contributed by atoms with Crippen LogP contribution in [0.25, 0.3) is 0 Å². The normalized spacial score (nSPS) is 16.0. The third-order valence-corrected chi connectivity index (χ3v) is 6.23.